The summed E-state index contributed by atoms with van der Waals surface area (Å²) in [6, 6.07) is 24.4. The smallest absolute Gasteiger partial charge is 0.394 e. The molecular weight excluding hydrogens is 373 g/mol. The van der Waals surface area contributed by atoms with Gasteiger partial charge in [0.05, 0.1) is 0 Å². The topological polar surface area (TPSA) is 26.3 Å². The molecule has 0 heterocycles. The van der Waals surface area contributed by atoms with Gasteiger partial charge in [-0.05, 0) is 56.9 Å². The molecular formula is C21H13F3O2S. The Morgan fingerprint density at radius 1 is 0.667 bits per heavy atom. The number of rotatable bonds is 3. The third kappa shape index (κ3) is 3.66. The second-order valence-corrected chi connectivity index (χ2v) is 7.15. The SMILES string of the molecule is O=S(Oc1ccc2cc(-c3ccc4ccccc4c3)ccc2c1)C(F)(F)F. The van der Waals surface area contributed by atoms with Crippen LogP contribution in [0.5, 0.6) is 5.75 Å². The molecule has 0 fully saturated rings. The molecule has 27 heavy (non-hydrogen) atoms. The molecule has 0 aromatic heterocycles. The maximum Gasteiger partial charge on any atom is 0.508 e. The number of hydrogen-bond acceptors (Lipinski definition) is 2. The van der Waals surface area contributed by atoms with Gasteiger partial charge in [0, 0.05) is 0 Å². The molecule has 1 atom stereocenters. The van der Waals surface area contributed by atoms with Crippen LogP contribution in [0.3, 0.4) is 0 Å². The fraction of sp³-hybridized carbons (Fsp3) is 0.0476. The molecule has 0 saturated carbocycles. The zero-order valence-corrected chi connectivity index (χ0v) is 14.7. The summed E-state index contributed by atoms with van der Waals surface area (Å²) in [4.78, 5) is 0. The van der Waals surface area contributed by atoms with Crippen LogP contribution in [0, 0.1) is 0 Å². The highest BCUT2D eigenvalue weighted by Gasteiger charge is 2.40. The number of hydrogen-bond donors (Lipinski definition) is 0. The van der Waals surface area contributed by atoms with Crippen molar-refractivity contribution in [1.82, 2.24) is 0 Å². The van der Waals surface area contributed by atoms with Gasteiger partial charge in [-0.15, -0.1) is 0 Å². The normalized spacial score (nSPS) is 13.0. The monoisotopic (exact) mass is 386 g/mol. The Morgan fingerprint density at radius 3 is 1.85 bits per heavy atom. The van der Waals surface area contributed by atoms with Crippen molar-refractivity contribution in [3.05, 3.63) is 78.9 Å². The summed E-state index contributed by atoms with van der Waals surface area (Å²) >= 11 is -3.38. The van der Waals surface area contributed by atoms with Gasteiger partial charge >= 0.3 is 16.6 Å². The molecule has 2 nitrogen and oxygen atoms in total. The number of benzene rings is 4. The predicted octanol–water partition coefficient (Wildman–Crippen LogP) is 6.22. The van der Waals surface area contributed by atoms with Crippen molar-refractivity contribution in [3.8, 4) is 16.9 Å². The lowest BCUT2D eigenvalue weighted by Crippen LogP contribution is -2.20. The standard InChI is InChI=1S/C21H13F3O2S/c22-21(23,24)27(25)26-20-10-9-18-12-17(7-8-19(18)13-20)16-6-5-14-3-1-2-4-15(14)11-16/h1-13H. The Kier molecular flexibility index (Phi) is 4.36. The van der Waals surface area contributed by atoms with Gasteiger partial charge in [0.25, 0.3) is 0 Å². The van der Waals surface area contributed by atoms with Gasteiger partial charge in [-0.25, -0.2) is 4.21 Å². The Bertz CT molecular complexity index is 1170. The van der Waals surface area contributed by atoms with Crippen molar-refractivity contribution in [2.75, 3.05) is 0 Å². The third-order valence-corrected chi connectivity index (χ3v) is 4.98. The summed E-state index contributed by atoms with van der Waals surface area (Å²) in [6.45, 7) is 0. The second-order valence-electron chi connectivity index (χ2n) is 6.05. The van der Waals surface area contributed by atoms with E-state index in [2.05, 4.69) is 16.3 Å². The van der Waals surface area contributed by atoms with E-state index in [1.54, 1.807) is 6.07 Å². The molecule has 0 amide bonds. The molecule has 4 aromatic rings. The van der Waals surface area contributed by atoms with Gasteiger partial charge in [0.15, 0.2) is 0 Å². The van der Waals surface area contributed by atoms with Crippen LogP contribution in [0.25, 0.3) is 32.7 Å². The largest absolute Gasteiger partial charge is 0.508 e. The molecule has 6 heteroatoms. The lowest BCUT2D eigenvalue weighted by molar-refractivity contribution is -0.0437. The van der Waals surface area contributed by atoms with Gasteiger partial charge in [-0.2, -0.15) is 13.2 Å². The molecule has 0 aliphatic heterocycles. The average molecular weight is 386 g/mol. The Morgan fingerprint density at radius 2 is 1.19 bits per heavy atom. The second kappa shape index (κ2) is 6.70. The molecule has 4 aromatic carbocycles. The first-order valence-corrected chi connectivity index (χ1v) is 9.17. The van der Waals surface area contributed by atoms with Crippen LogP contribution in [0.1, 0.15) is 0 Å². The summed E-state index contributed by atoms with van der Waals surface area (Å²) < 4.78 is 52.7. The molecule has 136 valence electrons. The summed E-state index contributed by atoms with van der Waals surface area (Å²) in [5.74, 6) is -0.0865. The first-order chi connectivity index (χ1) is 12.9. The van der Waals surface area contributed by atoms with Crippen molar-refractivity contribution >= 4 is 32.6 Å². The summed E-state index contributed by atoms with van der Waals surface area (Å²) in [5.41, 5.74) is -2.86. The van der Waals surface area contributed by atoms with E-state index in [9.17, 15) is 17.4 Å². The molecule has 0 aliphatic carbocycles. The lowest BCUT2D eigenvalue weighted by Gasteiger charge is -2.09. The summed E-state index contributed by atoms with van der Waals surface area (Å²) in [7, 11) is 0. The van der Waals surface area contributed by atoms with Crippen molar-refractivity contribution in [2.45, 2.75) is 5.51 Å². The Hall–Kier alpha value is -2.86. The van der Waals surface area contributed by atoms with Crippen molar-refractivity contribution in [3.63, 3.8) is 0 Å². The molecule has 0 radical (unpaired) electrons. The van der Waals surface area contributed by atoms with E-state index in [1.807, 2.05) is 48.5 Å². The average Bonchev–Trinajstić information content (AvgIpc) is 2.66. The number of halogens is 3. The molecule has 0 N–H and O–H groups in total. The molecule has 0 spiro atoms. The highest BCUT2D eigenvalue weighted by atomic mass is 32.2. The fourth-order valence-electron chi connectivity index (χ4n) is 2.96. The Labute approximate surface area is 155 Å². The van der Waals surface area contributed by atoms with Crippen LogP contribution in [0.15, 0.2) is 78.9 Å². The van der Waals surface area contributed by atoms with Crippen LogP contribution >= 0.6 is 0 Å². The van der Waals surface area contributed by atoms with E-state index in [0.717, 1.165) is 27.3 Å². The molecule has 0 saturated heterocycles. The van der Waals surface area contributed by atoms with Crippen molar-refractivity contribution in [1.29, 1.82) is 0 Å². The Balaban J connectivity index is 1.68. The van der Waals surface area contributed by atoms with Gasteiger partial charge in [-0.1, -0.05) is 54.6 Å². The van der Waals surface area contributed by atoms with Crippen LogP contribution in [0.2, 0.25) is 0 Å². The fourth-order valence-corrected chi connectivity index (χ4v) is 3.33. The first-order valence-electron chi connectivity index (χ1n) is 8.10. The summed E-state index contributed by atoms with van der Waals surface area (Å²) in [6.07, 6.45) is 0. The first kappa shape index (κ1) is 17.5. The van der Waals surface area contributed by atoms with Crippen LogP contribution in [0.4, 0.5) is 13.2 Å². The highest BCUT2D eigenvalue weighted by molar-refractivity contribution is 7.81. The summed E-state index contributed by atoms with van der Waals surface area (Å²) in [5, 5.41) is 3.84. The van der Waals surface area contributed by atoms with Gasteiger partial charge < -0.3 is 4.18 Å². The highest BCUT2D eigenvalue weighted by Crippen LogP contribution is 2.30. The van der Waals surface area contributed by atoms with Gasteiger partial charge in [0.1, 0.15) is 5.75 Å². The predicted molar refractivity (Wildman–Crippen MR) is 102 cm³/mol. The third-order valence-electron chi connectivity index (χ3n) is 4.26. The molecule has 0 bridgehead atoms. The zero-order valence-electron chi connectivity index (χ0n) is 13.9. The van der Waals surface area contributed by atoms with Gasteiger partial charge in [0.2, 0.25) is 0 Å². The molecule has 1 unspecified atom stereocenters. The quantitative estimate of drug-likeness (QED) is 0.418. The van der Waals surface area contributed by atoms with Crippen LogP contribution in [-0.4, -0.2) is 9.72 Å². The van der Waals surface area contributed by atoms with Crippen molar-refractivity contribution in [2.24, 2.45) is 0 Å². The minimum Gasteiger partial charge on any atom is -0.394 e. The maximum atomic E-state index is 12.4. The zero-order chi connectivity index (χ0) is 19.0. The minimum atomic E-state index is -4.91. The van der Waals surface area contributed by atoms with Crippen LogP contribution < -0.4 is 4.18 Å². The van der Waals surface area contributed by atoms with E-state index < -0.39 is 16.6 Å². The van der Waals surface area contributed by atoms with Crippen molar-refractivity contribution < 1.29 is 21.6 Å². The van der Waals surface area contributed by atoms with Gasteiger partial charge in [-0.3, -0.25) is 0 Å². The lowest BCUT2D eigenvalue weighted by atomic mass is 9.98. The van der Waals surface area contributed by atoms with E-state index in [-0.39, 0.29) is 5.75 Å². The molecule has 0 aliphatic rings. The maximum absolute atomic E-state index is 12.4. The minimum absolute atomic E-state index is 0.0865. The molecule has 4 rings (SSSR count). The van der Waals surface area contributed by atoms with Crippen LogP contribution in [-0.2, 0) is 11.1 Å². The number of alkyl halides is 3. The van der Waals surface area contributed by atoms with E-state index >= 15 is 0 Å². The number of fused-ring (bicyclic) bond motifs is 2. The van der Waals surface area contributed by atoms with E-state index in [1.165, 1.54) is 12.1 Å². The van der Waals surface area contributed by atoms with E-state index in [4.69, 9.17) is 0 Å². The van der Waals surface area contributed by atoms with E-state index in [0.29, 0.717) is 5.39 Å².